The lowest BCUT2D eigenvalue weighted by Gasteiger charge is -2.27. The third-order valence-electron chi connectivity index (χ3n) is 4.04. The van der Waals surface area contributed by atoms with Crippen LogP contribution in [-0.4, -0.2) is 53.2 Å². The van der Waals surface area contributed by atoms with Gasteiger partial charge in [-0.3, -0.25) is 9.69 Å². The molecule has 1 aromatic rings. The smallest absolute Gasteiger partial charge is 0.223 e. The fourth-order valence-electron chi connectivity index (χ4n) is 2.85. The summed E-state index contributed by atoms with van der Waals surface area (Å²) in [6.07, 6.45) is 6.38. The van der Waals surface area contributed by atoms with Crippen LogP contribution in [0.3, 0.4) is 0 Å². The molecule has 1 aliphatic heterocycles. The van der Waals surface area contributed by atoms with Crippen LogP contribution in [0, 0.1) is 0 Å². The second-order valence-electron chi connectivity index (χ2n) is 6.20. The van der Waals surface area contributed by atoms with Crippen LogP contribution in [0.1, 0.15) is 31.4 Å². The van der Waals surface area contributed by atoms with Crippen molar-refractivity contribution in [2.24, 2.45) is 0 Å². The Kier molecular flexibility index (Phi) is 5.82. The molecular weight excluding hydrogens is 266 g/mol. The number of piperidine rings is 1. The number of rotatable bonds is 6. The molecule has 1 N–H and O–H groups in total. The van der Waals surface area contributed by atoms with Crippen LogP contribution >= 0.6 is 0 Å². The molecule has 2 rings (SSSR count). The second kappa shape index (κ2) is 7.61. The molecule has 21 heavy (non-hydrogen) atoms. The number of hydrogen-bond donors (Lipinski definition) is 1. The molecule has 0 aliphatic carbocycles. The van der Waals surface area contributed by atoms with Gasteiger partial charge in [-0.05, 0) is 53.0 Å². The zero-order valence-corrected chi connectivity index (χ0v) is 13.2. The summed E-state index contributed by atoms with van der Waals surface area (Å²) in [6.45, 7) is 4.84. The monoisotopic (exact) mass is 293 g/mol. The largest absolute Gasteiger partial charge is 0.503 e. The molecular formula is C16H27N3O2. The van der Waals surface area contributed by atoms with E-state index in [0.717, 1.165) is 44.8 Å². The highest BCUT2D eigenvalue weighted by atomic mass is 16.3. The molecule has 2 heterocycles. The number of hydrogen-bond acceptors (Lipinski definition) is 4. The van der Waals surface area contributed by atoms with Crippen molar-refractivity contribution in [3.05, 3.63) is 28.2 Å². The Morgan fingerprint density at radius 2 is 1.95 bits per heavy atom. The van der Waals surface area contributed by atoms with Crippen molar-refractivity contribution < 1.29 is 5.11 Å². The maximum Gasteiger partial charge on any atom is 0.223 e. The van der Waals surface area contributed by atoms with Crippen LogP contribution < -0.4 is 5.43 Å². The number of aryl methyl sites for hydroxylation is 1. The summed E-state index contributed by atoms with van der Waals surface area (Å²) in [7, 11) is 4.11. The molecule has 1 aliphatic rings. The first-order chi connectivity index (χ1) is 10.1. The van der Waals surface area contributed by atoms with Crippen molar-refractivity contribution in [2.75, 3.05) is 33.7 Å². The maximum atomic E-state index is 11.7. The SMILES string of the molecule is CN(C)CCCn1cc(O)c(=O)cc1CN1CCCCC1. The Morgan fingerprint density at radius 1 is 1.24 bits per heavy atom. The van der Waals surface area contributed by atoms with Crippen molar-refractivity contribution >= 4 is 0 Å². The molecule has 0 saturated carbocycles. The third kappa shape index (κ3) is 4.86. The van der Waals surface area contributed by atoms with E-state index in [0.29, 0.717) is 0 Å². The van der Waals surface area contributed by atoms with E-state index in [4.69, 9.17) is 0 Å². The van der Waals surface area contributed by atoms with Gasteiger partial charge in [0.2, 0.25) is 5.43 Å². The average Bonchev–Trinajstić information content (AvgIpc) is 2.45. The lowest BCUT2D eigenvalue weighted by Crippen LogP contribution is -2.31. The number of aromatic nitrogens is 1. The standard InChI is InChI=1S/C16H27N3O2/c1-17(2)7-6-10-19-13-16(21)15(20)11-14(19)12-18-8-4-3-5-9-18/h11,13,21H,3-10,12H2,1-2H3. The first-order valence-corrected chi connectivity index (χ1v) is 7.85. The lowest BCUT2D eigenvalue weighted by atomic mass is 10.1. The van der Waals surface area contributed by atoms with Gasteiger partial charge < -0.3 is 14.6 Å². The van der Waals surface area contributed by atoms with Crippen LogP contribution in [0.15, 0.2) is 17.1 Å². The molecule has 5 heteroatoms. The highest BCUT2D eigenvalue weighted by molar-refractivity contribution is 5.20. The number of likely N-dealkylation sites (tertiary alicyclic amines) is 1. The molecule has 0 bridgehead atoms. The first kappa shape index (κ1) is 16.0. The minimum absolute atomic E-state index is 0.151. The van der Waals surface area contributed by atoms with Crippen LogP contribution in [0.4, 0.5) is 0 Å². The molecule has 0 radical (unpaired) electrons. The van der Waals surface area contributed by atoms with Gasteiger partial charge in [0.25, 0.3) is 0 Å². The third-order valence-corrected chi connectivity index (χ3v) is 4.04. The van der Waals surface area contributed by atoms with Crippen molar-refractivity contribution in [3.63, 3.8) is 0 Å². The fraction of sp³-hybridized carbons (Fsp3) is 0.688. The predicted molar refractivity (Wildman–Crippen MR) is 84.7 cm³/mol. The van der Waals surface area contributed by atoms with Gasteiger partial charge in [0.1, 0.15) is 0 Å². The minimum atomic E-state index is -0.272. The summed E-state index contributed by atoms with van der Waals surface area (Å²) in [5.41, 5.74) is 0.740. The van der Waals surface area contributed by atoms with Gasteiger partial charge in [-0.1, -0.05) is 6.42 Å². The van der Waals surface area contributed by atoms with Crippen LogP contribution in [0.2, 0.25) is 0 Å². The van der Waals surface area contributed by atoms with E-state index < -0.39 is 0 Å². The van der Waals surface area contributed by atoms with E-state index in [1.807, 2.05) is 4.57 Å². The quantitative estimate of drug-likeness (QED) is 0.863. The van der Waals surface area contributed by atoms with Gasteiger partial charge in [-0.25, -0.2) is 0 Å². The summed E-state index contributed by atoms with van der Waals surface area (Å²) in [6, 6.07) is 1.60. The second-order valence-corrected chi connectivity index (χ2v) is 6.20. The van der Waals surface area contributed by atoms with Crippen LogP contribution in [-0.2, 0) is 13.1 Å². The number of pyridine rings is 1. The predicted octanol–water partition coefficient (Wildman–Crippen LogP) is 1.49. The van der Waals surface area contributed by atoms with Gasteiger partial charge in [0.05, 0.1) is 6.20 Å². The Balaban J connectivity index is 2.09. The zero-order chi connectivity index (χ0) is 15.2. The van der Waals surface area contributed by atoms with Gasteiger partial charge in [-0.15, -0.1) is 0 Å². The van der Waals surface area contributed by atoms with E-state index in [9.17, 15) is 9.90 Å². The Hall–Kier alpha value is -1.33. The van der Waals surface area contributed by atoms with Crippen LogP contribution in [0.25, 0.3) is 0 Å². The molecule has 118 valence electrons. The van der Waals surface area contributed by atoms with Crippen molar-refractivity contribution in [1.29, 1.82) is 0 Å². The van der Waals surface area contributed by atoms with Crippen molar-refractivity contribution in [1.82, 2.24) is 14.4 Å². The Bertz CT molecular complexity index is 505. The average molecular weight is 293 g/mol. The highest BCUT2D eigenvalue weighted by Crippen LogP contribution is 2.14. The van der Waals surface area contributed by atoms with Crippen molar-refractivity contribution in [3.8, 4) is 5.75 Å². The van der Waals surface area contributed by atoms with Crippen LogP contribution in [0.5, 0.6) is 5.75 Å². The molecule has 0 atom stereocenters. The van der Waals surface area contributed by atoms with Gasteiger partial charge in [0.15, 0.2) is 5.75 Å². The molecule has 0 unspecified atom stereocenters. The highest BCUT2D eigenvalue weighted by Gasteiger charge is 2.13. The molecule has 1 fully saturated rings. The maximum absolute atomic E-state index is 11.7. The molecule has 0 aromatic carbocycles. The molecule has 1 aromatic heterocycles. The van der Waals surface area contributed by atoms with Gasteiger partial charge in [-0.2, -0.15) is 0 Å². The Labute approximate surface area is 126 Å². The summed E-state index contributed by atoms with van der Waals surface area (Å²) in [5, 5.41) is 9.68. The summed E-state index contributed by atoms with van der Waals surface area (Å²) >= 11 is 0. The number of nitrogens with zero attached hydrogens (tertiary/aromatic N) is 3. The Morgan fingerprint density at radius 3 is 2.62 bits per heavy atom. The number of aromatic hydroxyl groups is 1. The van der Waals surface area contributed by atoms with E-state index in [-0.39, 0.29) is 11.2 Å². The fourth-order valence-corrected chi connectivity index (χ4v) is 2.85. The lowest BCUT2D eigenvalue weighted by molar-refractivity contribution is 0.214. The normalized spacial score (nSPS) is 16.5. The van der Waals surface area contributed by atoms with E-state index in [1.54, 1.807) is 12.3 Å². The van der Waals surface area contributed by atoms with E-state index in [2.05, 4.69) is 23.9 Å². The first-order valence-electron chi connectivity index (χ1n) is 7.85. The molecule has 1 saturated heterocycles. The van der Waals surface area contributed by atoms with E-state index in [1.165, 1.54) is 19.3 Å². The van der Waals surface area contributed by atoms with Gasteiger partial charge >= 0.3 is 0 Å². The molecule has 0 spiro atoms. The summed E-state index contributed by atoms with van der Waals surface area (Å²) in [4.78, 5) is 16.3. The zero-order valence-electron chi connectivity index (χ0n) is 13.2. The molecule has 5 nitrogen and oxygen atoms in total. The minimum Gasteiger partial charge on any atom is -0.503 e. The van der Waals surface area contributed by atoms with Gasteiger partial charge in [0, 0.05) is 24.8 Å². The topological polar surface area (TPSA) is 48.7 Å². The van der Waals surface area contributed by atoms with Crippen molar-refractivity contribution in [2.45, 2.75) is 38.8 Å². The summed E-state index contributed by atoms with van der Waals surface area (Å²) in [5.74, 6) is -0.151. The van der Waals surface area contributed by atoms with E-state index >= 15 is 0 Å². The summed E-state index contributed by atoms with van der Waals surface area (Å²) < 4.78 is 2.04. The molecule has 0 amide bonds.